The largest absolute Gasteiger partial charge is 0.383 e. The quantitative estimate of drug-likeness (QED) is 0.870. The Kier molecular flexibility index (Phi) is 2.82. The molecule has 3 rings (SSSR count). The zero-order valence-electron chi connectivity index (χ0n) is 12.4. The molecule has 0 saturated heterocycles. The van der Waals surface area contributed by atoms with Crippen molar-refractivity contribution in [3.63, 3.8) is 0 Å². The monoisotopic (exact) mass is 273 g/mol. The Hall–Kier alpha value is -1.58. The molecule has 3 N–H and O–H groups in total. The minimum atomic E-state index is -0.0950. The summed E-state index contributed by atoms with van der Waals surface area (Å²) in [7, 11) is 0. The highest BCUT2D eigenvalue weighted by Crippen LogP contribution is 2.62. The summed E-state index contributed by atoms with van der Waals surface area (Å²) >= 11 is 0. The second kappa shape index (κ2) is 4.21. The maximum absolute atomic E-state index is 12.5. The lowest BCUT2D eigenvalue weighted by Gasteiger charge is -2.43. The van der Waals surface area contributed by atoms with Gasteiger partial charge in [0.15, 0.2) is 0 Å². The number of nitrogens with two attached hydrogens (primary N) is 1. The van der Waals surface area contributed by atoms with E-state index in [0.717, 1.165) is 0 Å². The number of rotatable bonds is 2. The lowest BCUT2D eigenvalue weighted by Crippen LogP contribution is -2.52. The third kappa shape index (κ3) is 1.81. The molecule has 1 amide bonds. The van der Waals surface area contributed by atoms with Gasteiger partial charge in [0.1, 0.15) is 5.82 Å². The van der Waals surface area contributed by atoms with Crippen LogP contribution in [0.5, 0.6) is 0 Å². The summed E-state index contributed by atoms with van der Waals surface area (Å²) in [6.45, 7) is 6.86. The average Bonchev–Trinajstić information content (AvgIpc) is 2.86. The van der Waals surface area contributed by atoms with Crippen LogP contribution >= 0.6 is 0 Å². The van der Waals surface area contributed by atoms with Crippen molar-refractivity contribution in [3.05, 3.63) is 23.9 Å². The number of hydrogen-bond donors (Lipinski definition) is 2. The number of carbonyl (C=O) groups is 1. The summed E-state index contributed by atoms with van der Waals surface area (Å²) in [5, 5.41) is 3.24. The number of amides is 1. The van der Waals surface area contributed by atoms with Crippen LogP contribution in [0.4, 0.5) is 5.82 Å². The van der Waals surface area contributed by atoms with Gasteiger partial charge in [-0.2, -0.15) is 0 Å². The Labute approximate surface area is 120 Å². The van der Waals surface area contributed by atoms with Crippen LogP contribution in [0.3, 0.4) is 0 Å². The van der Waals surface area contributed by atoms with Crippen LogP contribution in [0, 0.1) is 16.7 Å². The predicted octanol–water partition coefficient (Wildman–Crippen LogP) is 2.61. The zero-order valence-corrected chi connectivity index (χ0v) is 12.4. The molecule has 2 fully saturated rings. The summed E-state index contributed by atoms with van der Waals surface area (Å²) in [5.74, 6) is 0.919. The van der Waals surface area contributed by atoms with E-state index in [1.807, 2.05) is 0 Å². The van der Waals surface area contributed by atoms with Gasteiger partial charge in [-0.05, 0) is 48.1 Å². The van der Waals surface area contributed by atoms with E-state index in [1.165, 1.54) is 19.3 Å². The number of nitrogen functional groups attached to an aromatic ring is 1. The number of nitrogens with zero attached hydrogens (tertiary/aromatic N) is 1. The van der Waals surface area contributed by atoms with Crippen LogP contribution in [0.2, 0.25) is 0 Å². The number of anilines is 1. The molecule has 4 heteroatoms. The Balaban J connectivity index is 1.85. The van der Waals surface area contributed by atoms with E-state index < -0.39 is 0 Å². The summed E-state index contributed by atoms with van der Waals surface area (Å²) in [6, 6.07) is 3.69. The molecule has 20 heavy (non-hydrogen) atoms. The summed E-state index contributed by atoms with van der Waals surface area (Å²) in [6.07, 6.45) is 5.31. The van der Waals surface area contributed by atoms with Crippen LogP contribution in [-0.2, 0) is 0 Å². The lowest BCUT2D eigenvalue weighted by molar-refractivity contribution is 0.0738. The van der Waals surface area contributed by atoms with Crippen molar-refractivity contribution in [3.8, 4) is 0 Å². The Bertz CT molecular complexity index is 550. The van der Waals surface area contributed by atoms with Gasteiger partial charge in [-0.25, -0.2) is 4.98 Å². The van der Waals surface area contributed by atoms with Gasteiger partial charge in [0, 0.05) is 12.2 Å². The summed E-state index contributed by atoms with van der Waals surface area (Å²) in [5.41, 5.74) is 6.66. The molecule has 2 aliphatic rings. The minimum Gasteiger partial charge on any atom is -0.383 e. The first kappa shape index (κ1) is 13.4. The average molecular weight is 273 g/mol. The van der Waals surface area contributed by atoms with E-state index in [9.17, 15) is 4.79 Å². The molecule has 2 bridgehead atoms. The molecule has 0 aromatic carbocycles. The van der Waals surface area contributed by atoms with E-state index in [-0.39, 0.29) is 22.8 Å². The van der Waals surface area contributed by atoms with Gasteiger partial charge in [-0.15, -0.1) is 0 Å². The number of fused-ring (bicyclic) bond motifs is 2. The molecule has 108 valence electrons. The molecule has 1 aromatic heterocycles. The molecule has 1 heterocycles. The van der Waals surface area contributed by atoms with Crippen molar-refractivity contribution in [2.45, 2.75) is 46.1 Å². The third-order valence-electron chi connectivity index (χ3n) is 5.63. The second-order valence-electron chi connectivity index (χ2n) is 7.26. The molecule has 0 aliphatic heterocycles. The molecule has 2 aliphatic carbocycles. The highest BCUT2D eigenvalue weighted by atomic mass is 16.1. The first-order valence-corrected chi connectivity index (χ1v) is 7.36. The van der Waals surface area contributed by atoms with Crippen molar-refractivity contribution >= 4 is 11.7 Å². The van der Waals surface area contributed by atoms with Gasteiger partial charge in [0.2, 0.25) is 0 Å². The van der Waals surface area contributed by atoms with Gasteiger partial charge in [-0.3, -0.25) is 4.79 Å². The predicted molar refractivity (Wildman–Crippen MR) is 79.1 cm³/mol. The van der Waals surface area contributed by atoms with Crippen molar-refractivity contribution in [1.29, 1.82) is 0 Å². The van der Waals surface area contributed by atoms with Gasteiger partial charge in [0.25, 0.3) is 5.91 Å². The maximum atomic E-state index is 12.5. The molecule has 4 nitrogen and oxygen atoms in total. The molecule has 0 radical (unpaired) electrons. The molecule has 3 atom stereocenters. The van der Waals surface area contributed by atoms with E-state index >= 15 is 0 Å². The topological polar surface area (TPSA) is 68.0 Å². The lowest BCUT2D eigenvalue weighted by atomic mass is 9.68. The number of pyridine rings is 1. The normalized spacial score (nSPS) is 34.1. The summed E-state index contributed by atoms with van der Waals surface area (Å²) in [4.78, 5) is 16.5. The number of carbonyl (C=O) groups excluding carboxylic acids is 1. The Morgan fingerprint density at radius 1 is 1.45 bits per heavy atom. The van der Waals surface area contributed by atoms with E-state index in [1.54, 1.807) is 18.3 Å². The SMILES string of the molecule is CC12CCC(C1)C(C)(C)C2NC(=O)c1cccnc1N. The highest BCUT2D eigenvalue weighted by molar-refractivity contribution is 5.98. The van der Waals surface area contributed by atoms with Crippen LogP contribution < -0.4 is 11.1 Å². The number of aromatic nitrogens is 1. The van der Waals surface area contributed by atoms with Crippen LogP contribution in [0.25, 0.3) is 0 Å². The van der Waals surface area contributed by atoms with E-state index in [2.05, 4.69) is 31.1 Å². The highest BCUT2D eigenvalue weighted by Gasteiger charge is 2.59. The molecular weight excluding hydrogens is 250 g/mol. The number of nitrogens with one attached hydrogen (secondary N) is 1. The standard InChI is InChI=1S/C16H23N3O/c1-15(2)10-6-7-16(3,9-10)14(15)19-13(20)11-5-4-8-18-12(11)17/h4-5,8,10,14H,6-7,9H2,1-3H3,(H2,17,18)(H,19,20). The smallest absolute Gasteiger partial charge is 0.255 e. The van der Waals surface area contributed by atoms with Crippen molar-refractivity contribution in [1.82, 2.24) is 10.3 Å². The zero-order chi connectivity index (χ0) is 14.5. The first-order chi connectivity index (χ1) is 9.34. The Morgan fingerprint density at radius 2 is 2.20 bits per heavy atom. The van der Waals surface area contributed by atoms with Crippen LogP contribution in [0.15, 0.2) is 18.3 Å². The fraction of sp³-hybridized carbons (Fsp3) is 0.625. The van der Waals surface area contributed by atoms with Gasteiger partial charge in [0.05, 0.1) is 5.56 Å². The van der Waals surface area contributed by atoms with Crippen LogP contribution in [0.1, 0.15) is 50.4 Å². The summed E-state index contributed by atoms with van der Waals surface area (Å²) < 4.78 is 0. The third-order valence-corrected chi connectivity index (χ3v) is 5.63. The molecular formula is C16H23N3O. The fourth-order valence-electron chi connectivity index (χ4n) is 4.48. The Morgan fingerprint density at radius 3 is 2.80 bits per heavy atom. The van der Waals surface area contributed by atoms with Crippen LogP contribution in [-0.4, -0.2) is 16.9 Å². The molecule has 2 saturated carbocycles. The minimum absolute atomic E-state index is 0.0950. The van der Waals surface area contributed by atoms with Crippen molar-refractivity contribution < 1.29 is 4.79 Å². The fourth-order valence-corrected chi connectivity index (χ4v) is 4.48. The number of hydrogen-bond acceptors (Lipinski definition) is 3. The van der Waals surface area contributed by atoms with Crippen molar-refractivity contribution in [2.24, 2.45) is 16.7 Å². The first-order valence-electron chi connectivity index (χ1n) is 7.36. The van der Waals surface area contributed by atoms with Gasteiger partial charge < -0.3 is 11.1 Å². The van der Waals surface area contributed by atoms with Crippen molar-refractivity contribution in [2.75, 3.05) is 5.73 Å². The van der Waals surface area contributed by atoms with E-state index in [4.69, 9.17) is 5.73 Å². The second-order valence-corrected chi connectivity index (χ2v) is 7.26. The van der Waals surface area contributed by atoms with Gasteiger partial charge >= 0.3 is 0 Å². The maximum Gasteiger partial charge on any atom is 0.255 e. The molecule has 3 unspecified atom stereocenters. The van der Waals surface area contributed by atoms with Gasteiger partial charge in [-0.1, -0.05) is 20.8 Å². The van der Waals surface area contributed by atoms with E-state index in [0.29, 0.717) is 17.3 Å². The molecule has 0 spiro atoms. The molecule has 1 aromatic rings.